The molecule has 1 aliphatic carbocycles. The van der Waals surface area contributed by atoms with Crippen molar-refractivity contribution >= 4 is 15.7 Å². The van der Waals surface area contributed by atoms with E-state index in [2.05, 4.69) is 4.72 Å². The number of sulfonamides is 1. The molecule has 0 aromatic heterocycles. The van der Waals surface area contributed by atoms with Gasteiger partial charge in [0.15, 0.2) is 0 Å². The van der Waals surface area contributed by atoms with E-state index in [4.69, 9.17) is 10.5 Å². The molecule has 1 saturated carbocycles. The number of hydrogen-bond acceptors (Lipinski definition) is 4. The van der Waals surface area contributed by atoms with Gasteiger partial charge in [0.05, 0.1) is 17.8 Å². The zero-order valence-corrected chi connectivity index (χ0v) is 13.2. The van der Waals surface area contributed by atoms with Gasteiger partial charge in [-0.25, -0.2) is 13.1 Å². The molecule has 2 fully saturated rings. The van der Waals surface area contributed by atoms with Crippen LogP contribution in [0.4, 0.5) is 5.69 Å². The summed E-state index contributed by atoms with van der Waals surface area (Å²) in [4.78, 5) is 0.212. The fourth-order valence-electron chi connectivity index (χ4n) is 3.05. The van der Waals surface area contributed by atoms with Crippen LogP contribution in [0.15, 0.2) is 17.0 Å². The van der Waals surface area contributed by atoms with Gasteiger partial charge in [0.1, 0.15) is 4.90 Å². The Bertz CT molecular complexity index is 653. The summed E-state index contributed by atoms with van der Waals surface area (Å²) in [6.07, 6.45) is 3.01. The molecule has 21 heavy (non-hydrogen) atoms. The van der Waals surface area contributed by atoms with Crippen LogP contribution in [-0.2, 0) is 14.8 Å². The summed E-state index contributed by atoms with van der Waals surface area (Å²) in [7, 11) is -3.62. The van der Waals surface area contributed by atoms with Gasteiger partial charge in [-0.1, -0.05) is 6.07 Å². The predicted octanol–water partition coefficient (Wildman–Crippen LogP) is 1.73. The molecule has 2 unspecified atom stereocenters. The number of aryl methyl sites for hydroxylation is 1. The molecule has 5 nitrogen and oxygen atoms in total. The topological polar surface area (TPSA) is 81.4 Å². The molecule has 0 radical (unpaired) electrons. The average Bonchev–Trinajstić information content (AvgIpc) is 3.15. The number of nitrogen functional groups attached to an aromatic ring is 1. The van der Waals surface area contributed by atoms with Crippen molar-refractivity contribution in [2.45, 2.75) is 50.2 Å². The van der Waals surface area contributed by atoms with Gasteiger partial charge in [0.25, 0.3) is 0 Å². The van der Waals surface area contributed by atoms with Crippen LogP contribution in [0.2, 0.25) is 0 Å². The molecule has 3 rings (SSSR count). The van der Waals surface area contributed by atoms with Crippen LogP contribution in [0, 0.1) is 19.8 Å². The molecular weight excluding hydrogens is 288 g/mol. The zero-order chi connectivity index (χ0) is 15.2. The molecule has 2 aliphatic rings. The first-order chi connectivity index (χ1) is 9.90. The quantitative estimate of drug-likeness (QED) is 0.830. The second-order valence-electron chi connectivity index (χ2n) is 6.12. The first kappa shape index (κ1) is 14.8. The van der Waals surface area contributed by atoms with Crippen molar-refractivity contribution in [3.8, 4) is 0 Å². The van der Waals surface area contributed by atoms with E-state index in [0.29, 0.717) is 23.8 Å². The van der Waals surface area contributed by atoms with Crippen molar-refractivity contribution in [2.75, 3.05) is 12.3 Å². The van der Waals surface area contributed by atoms with E-state index in [-0.39, 0.29) is 17.0 Å². The smallest absolute Gasteiger partial charge is 0.243 e. The minimum atomic E-state index is -3.62. The van der Waals surface area contributed by atoms with E-state index in [1.165, 1.54) is 0 Å². The second-order valence-corrected chi connectivity index (χ2v) is 7.77. The Morgan fingerprint density at radius 2 is 1.95 bits per heavy atom. The van der Waals surface area contributed by atoms with Gasteiger partial charge >= 0.3 is 0 Å². The molecule has 1 heterocycles. The van der Waals surface area contributed by atoms with Crippen molar-refractivity contribution < 1.29 is 13.2 Å². The highest BCUT2D eigenvalue weighted by Gasteiger charge is 2.42. The van der Waals surface area contributed by atoms with Gasteiger partial charge in [0, 0.05) is 6.61 Å². The van der Waals surface area contributed by atoms with Crippen molar-refractivity contribution in [1.29, 1.82) is 0 Å². The standard InChI is InChI=1S/C15H22N2O3S/c1-9-3-6-12(16)15(10(9)2)21(18,19)17-13-7-8-20-14(13)11-4-5-11/h3,6,11,13-14,17H,4-5,7-8,16H2,1-2H3. The highest BCUT2D eigenvalue weighted by atomic mass is 32.2. The van der Waals surface area contributed by atoms with Crippen molar-refractivity contribution in [3.05, 3.63) is 23.3 Å². The lowest BCUT2D eigenvalue weighted by atomic mass is 10.1. The second kappa shape index (κ2) is 5.26. The van der Waals surface area contributed by atoms with Gasteiger partial charge in [-0.15, -0.1) is 0 Å². The van der Waals surface area contributed by atoms with Gasteiger partial charge in [0.2, 0.25) is 10.0 Å². The van der Waals surface area contributed by atoms with Crippen LogP contribution >= 0.6 is 0 Å². The van der Waals surface area contributed by atoms with E-state index in [1.54, 1.807) is 13.0 Å². The summed E-state index contributed by atoms with van der Waals surface area (Å²) in [6.45, 7) is 4.31. The molecule has 1 saturated heterocycles. The Hall–Kier alpha value is -1.11. The Morgan fingerprint density at radius 1 is 1.24 bits per heavy atom. The SMILES string of the molecule is Cc1ccc(N)c(S(=O)(=O)NC2CCOC2C2CC2)c1C. The van der Waals surface area contributed by atoms with Crippen molar-refractivity contribution in [1.82, 2.24) is 4.72 Å². The first-order valence-electron chi connectivity index (χ1n) is 7.40. The number of nitrogens with two attached hydrogens (primary N) is 1. The van der Waals surface area contributed by atoms with Gasteiger partial charge in [-0.05, 0) is 56.2 Å². The van der Waals surface area contributed by atoms with E-state index in [0.717, 1.165) is 24.8 Å². The Kier molecular flexibility index (Phi) is 3.71. The molecule has 0 spiro atoms. The van der Waals surface area contributed by atoms with E-state index in [1.807, 2.05) is 13.0 Å². The normalized spacial score (nSPS) is 26.2. The average molecular weight is 310 g/mol. The number of anilines is 1. The zero-order valence-electron chi connectivity index (χ0n) is 12.4. The third-order valence-electron chi connectivity index (χ3n) is 4.50. The maximum atomic E-state index is 12.7. The van der Waals surface area contributed by atoms with E-state index >= 15 is 0 Å². The number of hydrogen-bond donors (Lipinski definition) is 2. The highest BCUT2D eigenvalue weighted by Crippen LogP contribution is 2.39. The molecule has 1 aliphatic heterocycles. The number of rotatable bonds is 4. The maximum absolute atomic E-state index is 12.7. The number of benzene rings is 1. The van der Waals surface area contributed by atoms with Crippen LogP contribution in [0.3, 0.4) is 0 Å². The summed E-state index contributed by atoms with van der Waals surface area (Å²) in [6, 6.07) is 3.36. The third kappa shape index (κ3) is 2.80. The molecule has 1 aromatic rings. The minimum absolute atomic E-state index is 0.0196. The minimum Gasteiger partial charge on any atom is -0.398 e. The number of nitrogens with one attached hydrogen (secondary N) is 1. The van der Waals surface area contributed by atoms with Gasteiger partial charge in [-0.3, -0.25) is 0 Å². The van der Waals surface area contributed by atoms with Gasteiger partial charge < -0.3 is 10.5 Å². The van der Waals surface area contributed by atoms with Crippen LogP contribution < -0.4 is 10.5 Å². The monoisotopic (exact) mass is 310 g/mol. The lowest BCUT2D eigenvalue weighted by Gasteiger charge is -2.21. The molecule has 116 valence electrons. The lowest BCUT2D eigenvalue weighted by molar-refractivity contribution is 0.0848. The van der Waals surface area contributed by atoms with Crippen LogP contribution in [0.25, 0.3) is 0 Å². The summed E-state index contributed by atoms with van der Waals surface area (Å²) in [5.74, 6) is 0.510. The molecular formula is C15H22N2O3S. The molecule has 3 N–H and O–H groups in total. The van der Waals surface area contributed by atoms with E-state index < -0.39 is 10.0 Å². The molecule has 0 amide bonds. The molecule has 0 bridgehead atoms. The molecule has 6 heteroatoms. The molecule has 2 atom stereocenters. The summed E-state index contributed by atoms with van der Waals surface area (Å²) in [5, 5.41) is 0. The maximum Gasteiger partial charge on any atom is 0.243 e. The van der Waals surface area contributed by atoms with Gasteiger partial charge in [-0.2, -0.15) is 0 Å². The summed E-state index contributed by atoms with van der Waals surface area (Å²) < 4.78 is 34.0. The predicted molar refractivity (Wildman–Crippen MR) is 81.5 cm³/mol. The first-order valence-corrected chi connectivity index (χ1v) is 8.88. The van der Waals surface area contributed by atoms with Crippen molar-refractivity contribution in [3.63, 3.8) is 0 Å². The van der Waals surface area contributed by atoms with Crippen LogP contribution in [-0.4, -0.2) is 27.2 Å². The fourth-order valence-corrected chi connectivity index (χ4v) is 4.76. The Labute approximate surface area is 125 Å². The lowest BCUT2D eigenvalue weighted by Crippen LogP contribution is -2.41. The Balaban J connectivity index is 1.89. The number of ether oxygens (including phenoxy) is 1. The Morgan fingerprint density at radius 3 is 2.62 bits per heavy atom. The third-order valence-corrected chi connectivity index (χ3v) is 6.20. The van der Waals surface area contributed by atoms with Crippen molar-refractivity contribution in [2.24, 2.45) is 5.92 Å². The van der Waals surface area contributed by atoms with E-state index in [9.17, 15) is 8.42 Å². The summed E-state index contributed by atoms with van der Waals surface area (Å²) in [5.41, 5.74) is 7.84. The largest absolute Gasteiger partial charge is 0.398 e. The summed E-state index contributed by atoms with van der Waals surface area (Å²) >= 11 is 0. The molecule has 1 aromatic carbocycles. The fraction of sp³-hybridized carbons (Fsp3) is 0.600. The van der Waals surface area contributed by atoms with Crippen LogP contribution in [0.1, 0.15) is 30.4 Å². The van der Waals surface area contributed by atoms with Crippen LogP contribution in [0.5, 0.6) is 0 Å². The highest BCUT2D eigenvalue weighted by molar-refractivity contribution is 7.89.